The first-order chi connectivity index (χ1) is 9.52. The topological polar surface area (TPSA) is 30.5 Å². The molecule has 1 unspecified atom stereocenters. The smallest absolute Gasteiger partial charge is 0.0741 e. The first-order valence-electron chi connectivity index (χ1n) is 8.47. The molecule has 0 aromatic heterocycles. The van der Waals surface area contributed by atoms with Gasteiger partial charge in [-0.05, 0) is 50.0 Å². The van der Waals surface area contributed by atoms with Crippen molar-refractivity contribution in [2.24, 2.45) is 17.8 Å². The van der Waals surface area contributed by atoms with Gasteiger partial charge in [0.1, 0.15) is 0 Å². The normalized spacial score (nSPS) is 26.9. The van der Waals surface area contributed by atoms with E-state index in [2.05, 4.69) is 33.0 Å². The fourth-order valence-electron chi connectivity index (χ4n) is 3.84. The lowest BCUT2D eigenvalue weighted by Gasteiger charge is -2.44. The Morgan fingerprint density at radius 3 is 2.30 bits per heavy atom. The maximum absolute atomic E-state index is 6.12. The summed E-state index contributed by atoms with van der Waals surface area (Å²) in [6.07, 6.45) is 4.47. The molecule has 0 bridgehead atoms. The summed E-state index contributed by atoms with van der Waals surface area (Å²) >= 11 is 0. The van der Waals surface area contributed by atoms with Crippen LogP contribution in [0.25, 0.3) is 0 Å². The quantitative estimate of drug-likeness (QED) is 0.840. The van der Waals surface area contributed by atoms with Crippen LogP contribution in [-0.4, -0.2) is 38.0 Å². The van der Waals surface area contributed by atoms with E-state index in [0.717, 1.165) is 63.4 Å². The third-order valence-corrected chi connectivity index (χ3v) is 5.25. The molecule has 0 radical (unpaired) electrons. The molecule has 3 heteroatoms. The second-order valence-corrected chi connectivity index (χ2v) is 7.39. The molecule has 2 rings (SSSR count). The molecule has 1 N–H and O–H groups in total. The van der Waals surface area contributed by atoms with Gasteiger partial charge in [-0.2, -0.15) is 0 Å². The van der Waals surface area contributed by atoms with Crippen molar-refractivity contribution in [1.82, 2.24) is 5.32 Å². The predicted molar refractivity (Wildman–Crippen MR) is 82.9 cm³/mol. The van der Waals surface area contributed by atoms with Crippen LogP contribution in [0.2, 0.25) is 0 Å². The van der Waals surface area contributed by atoms with E-state index in [0.29, 0.717) is 6.04 Å². The van der Waals surface area contributed by atoms with E-state index in [-0.39, 0.29) is 5.60 Å². The van der Waals surface area contributed by atoms with Crippen molar-refractivity contribution in [3.8, 4) is 0 Å². The Hall–Kier alpha value is -0.120. The van der Waals surface area contributed by atoms with Crippen LogP contribution >= 0.6 is 0 Å². The van der Waals surface area contributed by atoms with E-state index < -0.39 is 0 Å². The van der Waals surface area contributed by atoms with E-state index in [9.17, 15) is 0 Å². The minimum Gasteiger partial charge on any atom is -0.381 e. The molecule has 1 atom stereocenters. The van der Waals surface area contributed by atoms with Crippen LogP contribution in [0.4, 0.5) is 0 Å². The summed E-state index contributed by atoms with van der Waals surface area (Å²) in [5.41, 5.74) is 0.110. The third-order valence-electron chi connectivity index (χ3n) is 5.25. The van der Waals surface area contributed by atoms with Crippen LogP contribution in [-0.2, 0) is 9.47 Å². The van der Waals surface area contributed by atoms with Gasteiger partial charge < -0.3 is 14.8 Å². The lowest BCUT2D eigenvalue weighted by molar-refractivity contribution is -0.140. The summed E-state index contributed by atoms with van der Waals surface area (Å²) < 4.78 is 11.6. The van der Waals surface area contributed by atoms with Crippen LogP contribution in [0.15, 0.2) is 0 Å². The Labute approximate surface area is 124 Å². The fraction of sp³-hybridized carbons (Fsp3) is 1.00. The zero-order chi connectivity index (χ0) is 14.6. The summed E-state index contributed by atoms with van der Waals surface area (Å²) in [5.74, 6) is 2.27. The second-order valence-electron chi connectivity index (χ2n) is 7.39. The molecule has 118 valence electrons. The number of hydrogen-bond donors (Lipinski definition) is 1. The van der Waals surface area contributed by atoms with Gasteiger partial charge in [-0.15, -0.1) is 0 Å². The molecule has 2 fully saturated rings. The Kier molecular flexibility index (Phi) is 5.88. The van der Waals surface area contributed by atoms with E-state index in [1.807, 2.05) is 0 Å². The Balaban J connectivity index is 1.83. The van der Waals surface area contributed by atoms with Gasteiger partial charge in [0.2, 0.25) is 0 Å². The lowest BCUT2D eigenvalue weighted by atomic mass is 9.82. The summed E-state index contributed by atoms with van der Waals surface area (Å²) in [6.45, 7) is 13.2. The summed E-state index contributed by atoms with van der Waals surface area (Å²) in [7, 11) is 0. The molecule has 2 heterocycles. The molecule has 20 heavy (non-hydrogen) atoms. The van der Waals surface area contributed by atoms with E-state index in [4.69, 9.17) is 9.47 Å². The highest BCUT2D eigenvalue weighted by molar-refractivity contribution is 4.92. The highest BCUT2D eigenvalue weighted by Gasteiger charge is 2.39. The molecular formula is C17H33NO2. The van der Waals surface area contributed by atoms with Crippen molar-refractivity contribution in [1.29, 1.82) is 0 Å². The first kappa shape index (κ1) is 16.3. The van der Waals surface area contributed by atoms with Gasteiger partial charge in [0.15, 0.2) is 0 Å². The zero-order valence-electron chi connectivity index (χ0n) is 13.8. The SMILES string of the molecule is CC(C)C(CNC1CCOC2(CCOCC2)C1)C(C)C. The predicted octanol–water partition coefficient (Wildman–Crippen LogP) is 3.23. The van der Waals surface area contributed by atoms with Crippen LogP contribution in [0.1, 0.15) is 53.4 Å². The van der Waals surface area contributed by atoms with Gasteiger partial charge in [0.25, 0.3) is 0 Å². The van der Waals surface area contributed by atoms with E-state index in [1.165, 1.54) is 6.42 Å². The number of nitrogens with one attached hydrogen (secondary N) is 1. The van der Waals surface area contributed by atoms with Gasteiger partial charge in [-0.3, -0.25) is 0 Å². The molecule has 2 aliphatic rings. The molecule has 0 aromatic rings. The molecule has 0 aromatic carbocycles. The third kappa shape index (κ3) is 4.19. The Morgan fingerprint density at radius 2 is 1.70 bits per heavy atom. The van der Waals surface area contributed by atoms with Crippen molar-refractivity contribution in [2.75, 3.05) is 26.4 Å². The molecule has 0 saturated carbocycles. The van der Waals surface area contributed by atoms with Crippen LogP contribution in [0.5, 0.6) is 0 Å². The second kappa shape index (κ2) is 7.24. The summed E-state index contributed by atoms with van der Waals surface area (Å²) in [5, 5.41) is 3.84. The monoisotopic (exact) mass is 283 g/mol. The zero-order valence-corrected chi connectivity index (χ0v) is 13.8. The minimum absolute atomic E-state index is 0.110. The van der Waals surface area contributed by atoms with Crippen molar-refractivity contribution in [3.05, 3.63) is 0 Å². The van der Waals surface area contributed by atoms with E-state index >= 15 is 0 Å². The van der Waals surface area contributed by atoms with Crippen molar-refractivity contribution in [3.63, 3.8) is 0 Å². The van der Waals surface area contributed by atoms with E-state index in [1.54, 1.807) is 0 Å². The lowest BCUT2D eigenvalue weighted by Crippen LogP contribution is -2.50. The van der Waals surface area contributed by atoms with Crippen molar-refractivity contribution < 1.29 is 9.47 Å². The van der Waals surface area contributed by atoms with Crippen molar-refractivity contribution in [2.45, 2.75) is 65.0 Å². The molecule has 1 spiro atoms. The highest BCUT2D eigenvalue weighted by Crippen LogP contribution is 2.34. The van der Waals surface area contributed by atoms with Gasteiger partial charge >= 0.3 is 0 Å². The van der Waals surface area contributed by atoms with Crippen LogP contribution < -0.4 is 5.32 Å². The number of rotatable bonds is 5. The molecule has 0 aliphatic carbocycles. The van der Waals surface area contributed by atoms with Gasteiger partial charge in [0.05, 0.1) is 5.60 Å². The van der Waals surface area contributed by atoms with Gasteiger partial charge in [-0.25, -0.2) is 0 Å². The number of hydrogen-bond acceptors (Lipinski definition) is 3. The van der Waals surface area contributed by atoms with Crippen LogP contribution in [0, 0.1) is 17.8 Å². The highest BCUT2D eigenvalue weighted by atomic mass is 16.5. The molecule has 2 aliphatic heterocycles. The standard InChI is InChI=1S/C17H33NO2/c1-13(2)16(14(3)4)12-18-15-5-8-20-17(11-15)6-9-19-10-7-17/h13-16,18H,5-12H2,1-4H3. The molecule has 3 nitrogen and oxygen atoms in total. The summed E-state index contributed by atoms with van der Waals surface area (Å²) in [6, 6.07) is 0.627. The largest absolute Gasteiger partial charge is 0.381 e. The number of ether oxygens (including phenoxy) is 2. The fourth-order valence-corrected chi connectivity index (χ4v) is 3.84. The molecule has 0 amide bonds. The minimum atomic E-state index is 0.110. The van der Waals surface area contributed by atoms with Gasteiger partial charge in [-0.1, -0.05) is 27.7 Å². The maximum atomic E-state index is 6.12. The maximum Gasteiger partial charge on any atom is 0.0741 e. The van der Waals surface area contributed by atoms with Crippen LogP contribution in [0.3, 0.4) is 0 Å². The van der Waals surface area contributed by atoms with Crippen molar-refractivity contribution >= 4 is 0 Å². The first-order valence-corrected chi connectivity index (χ1v) is 8.47. The Bertz CT molecular complexity index is 271. The summed E-state index contributed by atoms with van der Waals surface area (Å²) in [4.78, 5) is 0. The van der Waals surface area contributed by atoms with Gasteiger partial charge in [0, 0.05) is 25.9 Å². The average Bonchev–Trinajstić information content (AvgIpc) is 2.39. The molecule has 2 saturated heterocycles. The average molecular weight is 283 g/mol. The Morgan fingerprint density at radius 1 is 1.05 bits per heavy atom. The molecular weight excluding hydrogens is 250 g/mol.